The van der Waals surface area contributed by atoms with Gasteiger partial charge in [-0.15, -0.1) is 0 Å². The van der Waals surface area contributed by atoms with E-state index in [0.29, 0.717) is 5.75 Å². The van der Waals surface area contributed by atoms with E-state index in [1.807, 2.05) is 25.1 Å². The van der Waals surface area contributed by atoms with E-state index in [1.54, 1.807) is 31.2 Å². The molecule has 0 amide bonds. The van der Waals surface area contributed by atoms with Crippen LogP contribution in [0.3, 0.4) is 0 Å². The maximum absolute atomic E-state index is 11.5. The molecule has 1 atom stereocenters. The predicted octanol–water partition coefficient (Wildman–Crippen LogP) is 3.22. The average Bonchev–Trinajstić information content (AvgIpc) is 2.39. The number of allylic oxidation sites excluding steroid dienone is 1. The summed E-state index contributed by atoms with van der Waals surface area (Å²) in [5.74, 6) is 0.261. The van der Waals surface area contributed by atoms with Gasteiger partial charge in [0.2, 0.25) is 0 Å². The molecule has 0 aliphatic rings. The third kappa shape index (κ3) is 4.45. The van der Waals surface area contributed by atoms with Gasteiger partial charge in [0.05, 0.1) is 0 Å². The van der Waals surface area contributed by atoms with Gasteiger partial charge in [0.1, 0.15) is 12.4 Å². The molecule has 3 nitrogen and oxygen atoms in total. The molecule has 96 valence electrons. The molecule has 3 heteroatoms. The Balaban J connectivity index is 2.49. The molecule has 0 aliphatic carbocycles. The van der Waals surface area contributed by atoms with Crippen LogP contribution in [0.5, 0.6) is 5.75 Å². The summed E-state index contributed by atoms with van der Waals surface area (Å²) < 4.78 is 10.5. The van der Waals surface area contributed by atoms with E-state index in [2.05, 4.69) is 6.58 Å². The summed E-state index contributed by atoms with van der Waals surface area (Å²) in [5.41, 5.74) is 1.01. The van der Waals surface area contributed by atoms with Crippen molar-refractivity contribution in [3.8, 4) is 5.75 Å². The fourth-order valence-electron chi connectivity index (χ4n) is 1.28. The van der Waals surface area contributed by atoms with Crippen LogP contribution >= 0.6 is 0 Å². The van der Waals surface area contributed by atoms with Crippen molar-refractivity contribution in [1.29, 1.82) is 0 Å². The maximum atomic E-state index is 11.5. The Hall–Kier alpha value is -2.03. The van der Waals surface area contributed by atoms with Gasteiger partial charge < -0.3 is 9.47 Å². The lowest BCUT2D eigenvalue weighted by Gasteiger charge is -2.13. The van der Waals surface area contributed by atoms with Crippen LogP contribution in [0, 0.1) is 0 Å². The molecule has 0 saturated carbocycles. The number of benzene rings is 1. The summed E-state index contributed by atoms with van der Waals surface area (Å²) in [7, 11) is 0. The Kier molecular flexibility index (Phi) is 5.71. The number of ether oxygens (including phenoxy) is 2. The first kappa shape index (κ1) is 14.0. The van der Waals surface area contributed by atoms with Gasteiger partial charge in [-0.05, 0) is 31.5 Å². The number of hydrogen-bond acceptors (Lipinski definition) is 3. The lowest BCUT2D eigenvalue weighted by Crippen LogP contribution is -2.26. The van der Waals surface area contributed by atoms with Gasteiger partial charge >= 0.3 is 5.97 Å². The number of hydrogen-bond donors (Lipinski definition) is 0. The van der Waals surface area contributed by atoms with Gasteiger partial charge in [0.15, 0.2) is 6.10 Å². The van der Waals surface area contributed by atoms with E-state index in [-0.39, 0.29) is 12.6 Å². The van der Waals surface area contributed by atoms with E-state index in [4.69, 9.17) is 9.47 Å². The molecule has 18 heavy (non-hydrogen) atoms. The summed E-state index contributed by atoms with van der Waals surface area (Å²) in [4.78, 5) is 11.5. The molecule has 0 aliphatic heterocycles. The molecule has 1 aromatic rings. The van der Waals surface area contributed by atoms with Gasteiger partial charge in [-0.25, -0.2) is 4.79 Å². The summed E-state index contributed by atoms with van der Waals surface area (Å²) in [5, 5.41) is 0. The van der Waals surface area contributed by atoms with Gasteiger partial charge in [-0.1, -0.05) is 36.9 Å². The van der Waals surface area contributed by atoms with Gasteiger partial charge in [0.25, 0.3) is 0 Å². The third-order valence-electron chi connectivity index (χ3n) is 2.32. The zero-order valence-electron chi connectivity index (χ0n) is 10.8. The van der Waals surface area contributed by atoms with Crippen molar-refractivity contribution in [1.82, 2.24) is 0 Å². The van der Waals surface area contributed by atoms with Crippen LogP contribution in [-0.4, -0.2) is 18.7 Å². The Morgan fingerprint density at radius 3 is 2.61 bits per heavy atom. The summed E-state index contributed by atoms with van der Waals surface area (Å²) >= 11 is 0. The van der Waals surface area contributed by atoms with Gasteiger partial charge in [-0.2, -0.15) is 0 Å². The SMILES string of the molecule is C=Cc1ccc(OC(C)C(=O)OCC=CC)cc1. The molecular formula is C15H18O3. The smallest absolute Gasteiger partial charge is 0.347 e. The Bertz CT molecular complexity index is 418. The minimum atomic E-state index is -0.621. The van der Waals surface area contributed by atoms with Crippen LogP contribution in [0.2, 0.25) is 0 Å². The molecule has 0 bridgehead atoms. The lowest BCUT2D eigenvalue weighted by molar-refractivity contribution is -0.149. The van der Waals surface area contributed by atoms with Crippen molar-refractivity contribution in [3.63, 3.8) is 0 Å². The molecule has 0 spiro atoms. The topological polar surface area (TPSA) is 35.5 Å². The quantitative estimate of drug-likeness (QED) is 0.571. The molecule has 0 heterocycles. The van der Waals surface area contributed by atoms with E-state index in [1.165, 1.54) is 0 Å². The number of carbonyl (C=O) groups is 1. The second kappa shape index (κ2) is 7.33. The highest BCUT2D eigenvalue weighted by molar-refractivity contribution is 5.74. The van der Waals surface area contributed by atoms with E-state index in [0.717, 1.165) is 5.56 Å². The Morgan fingerprint density at radius 1 is 1.39 bits per heavy atom. The van der Waals surface area contributed by atoms with Crippen molar-refractivity contribution in [2.75, 3.05) is 6.61 Å². The highest BCUT2D eigenvalue weighted by atomic mass is 16.6. The molecule has 1 aromatic carbocycles. The van der Waals surface area contributed by atoms with Crippen molar-refractivity contribution < 1.29 is 14.3 Å². The van der Waals surface area contributed by atoms with E-state index in [9.17, 15) is 4.79 Å². The third-order valence-corrected chi connectivity index (χ3v) is 2.32. The number of esters is 1. The molecule has 0 saturated heterocycles. The molecule has 1 unspecified atom stereocenters. The second-order valence-electron chi connectivity index (χ2n) is 3.73. The van der Waals surface area contributed by atoms with Crippen LogP contribution in [0.4, 0.5) is 0 Å². The fourth-order valence-corrected chi connectivity index (χ4v) is 1.28. The summed E-state index contributed by atoms with van der Waals surface area (Å²) in [6.07, 6.45) is 4.72. The van der Waals surface area contributed by atoms with Gasteiger partial charge in [-0.3, -0.25) is 0 Å². The van der Waals surface area contributed by atoms with E-state index < -0.39 is 6.10 Å². The Labute approximate surface area is 108 Å². The first-order valence-electron chi connectivity index (χ1n) is 5.84. The number of carbonyl (C=O) groups excluding carboxylic acids is 1. The maximum Gasteiger partial charge on any atom is 0.347 e. The van der Waals surface area contributed by atoms with Crippen LogP contribution in [0.25, 0.3) is 6.08 Å². The minimum Gasteiger partial charge on any atom is -0.479 e. The van der Waals surface area contributed by atoms with Crippen LogP contribution in [-0.2, 0) is 9.53 Å². The lowest BCUT2D eigenvalue weighted by atomic mass is 10.2. The van der Waals surface area contributed by atoms with Crippen molar-refractivity contribution in [2.24, 2.45) is 0 Å². The monoisotopic (exact) mass is 246 g/mol. The largest absolute Gasteiger partial charge is 0.479 e. The zero-order chi connectivity index (χ0) is 13.4. The highest BCUT2D eigenvalue weighted by Gasteiger charge is 2.15. The first-order valence-corrected chi connectivity index (χ1v) is 5.84. The molecule has 1 rings (SSSR count). The predicted molar refractivity (Wildman–Crippen MR) is 72.4 cm³/mol. The highest BCUT2D eigenvalue weighted by Crippen LogP contribution is 2.14. The fraction of sp³-hybridized carbons (Fsp3) is 0.267. The van der Waals surface area contributed by atoms with Crippen LogP contribution in [0.1, 0.15) is 19.4 Å². The van der Waals surface area contributed by atoms with Crippen molar-refractivity contribution >= 4 is 12.0 Å². The van der Waals surface area contributed by atoms with E-state index >= 15 is 0 Å². The van der Waals surface area contributed by atoms with Crippen molar-refractivity contribution in [3.05, 3.63) is 48.6 Å². The first-order chi connectivity index (χ1) is 8.67. The minimum absolute atomic E-state index is 0.276. The standard InChI is InChI=1S/C15H18O3/c1-4-6-11-17-15(16)12(3)18-14-9-7-13(5-2)8-10-14/h4-10,12H,2,11H2,1,3H3. The Morgan fingerprint density at radius 2 is 2.06 bits per heavy atom. The second-order valence-corrected chi connectivity index (χ2v) is 3.73. The zero-order valence-corrected chi connectivity index (χ0v) is 10.8. The molecule has 0 fully saturated rings. The molecule has 0 aromatic heterocycles. The van der Waals surface area contributed by atoms with Crippen molar-refractivity contribution in [2.45, 2.75) is 20.0 Å². The summed E-state index contributed by atoms with van der Waals surface area (Å²) in [6, 6.07) is 7.35. The average molecular weight is 246 g/mol. The summed E-state index contributed by atoms with van der Waals surface area (Å²) in [6.45, 7) is 7.48. The van der Waals surface area contributed by atoms with Gasteiger partial charge in [0, 0.05) is 0 Å². The van der Waals surface area contributed by atoms with Crippen LogP contribution < -0.4 is 4.74 Å². The van der Waals surface area contributed by atoms with Crippen LogP contribution in [0.15, 0.2) is 43.0 Å². The molecular weight excluding hydrogens is 228 g/mol. The number of rotatable bonds is 6. The molecule has 0 N–H and O–H groups in total. The molecule has 0 radical (unpaired) electrons. The normalized spacial score (nSPS) is 12.1.